The Labute approximate surface area is 139 Å². The summed E-state index contributed by atoms with van der Waals surface area (Å²) in [6, 6.07) is 4.36. The number of rotatable bonds is 3. The van der Waals surface area contributed by atoms with Gasteiger partial charge in [-0.3, -0.25) is 9.78 Å². The van der Waals surface area contributed by atoms with E-state index in [1.807, 2.05) is 18.6 Å². The summed E-state index contributed by atoms with van der Waals surface area (Å²) in [4.78, 5) is 26.4. The molecular formula is C18H19N5O. The van der Waals surface area contributed by atoms with E-state index in [2.05, 4.69) is 37.3 Å². The predicted octanol–water partition coefficient (Wildman–Crippen LogP) is 2.22. The lowest BCUT2D eigenvalue weighted by atomic mass is 10.1. The zero-order valence-corrected chi connectivity index (χ0v) is 13.3. The van der Waals surface area contributed by atoms with Gasteiger partial charge in [-0.2, -0.15) is 0 Å². The highest BCUT2D eigenvalue weighted by molar-refractivity contribution is 6.10. The average molecular weight is 321 g/mol. The molecule has 2 fully saturated rings. The summed E-state index contributed by atoms with van der Waals surface area (Å²) >= 11 is 0. The lowest BCUT2D eigenvalue weighted by Gasteiger charge is -2.21. The Bertz CT molecular complexity index is 929. The van der Waals surface area contributed by atoms with Crippen LogP contribution in [0.25, 0.3) is 21.9 Å². The molecular weight excluding hydrogens is 302 g/mol. The van der Waals surface area contributed by atoms with Gasteiger partial charge in [0.2, 0.25) is 5.91 Å². The van der Waals surface area contributed by atoms with Gasteiger partial charge in [-0.1, -0.05) is 0 Å². The summed E-state index contributed by atoms with van der Waals surface area (Å²) in [5.41, 5.74) is 2.97. The second kappa shape index (κ2) is 5.19. The lowest BCUT2D eigenvalue weighted by Crippen LogP contribution is -2.37. The molecule has 1 unspecified atom stereocenters. The molecule has 1 aliphatic heterocycles. The number of amides is 1. The number of hydrogen-bond acceptors (Lipinski definition) is 4. The molecule has 0 radical (unpaired) electrons. The molecule has 1 amide bonds. The Morgan fingerprint density at radius 3 is 3.04 bits per heavy atom. The van der Waals surface area contributed by atoms with E-state index in [0.717, 1.165) is 54.3 Å². The van der Waals surface area contributed by atoms with Crippen LogP contribution in [0.4, 0.5) is 5.69 Å². The minimum Gasteiger partial charge on any atom is -0.369 e. The van der Waals surface area contributed by atoms with E-state index in [-0.39, 0.29) is 17.9 Å². The number of pyridine rings is 2. The number of aromatic nitrogens is 3. The van der Waals surface area contributed by atoms with Crippen LogP contribution in [-0.2, 0) is 4.79 Å². The predicted molar refractivity (Wildman–Crippen MR) is 92.9 cm³/mol. The fraction of sp³-hybridized carbons (Fsp3) is 0.389. The van der Waals surface area contributed by atoms with Gasteiger partial charge in [-0.15, -0.1) is 0 Å². The van der Waals surface area contributed by atoms with Crippen LogP contribution in [0.2, 0.25) is 0 Å². The van der Waals surface area contributed by atoms with Crippen molar-refractivity contribution in [1.29, 1.82) is 0 Å². The van der Waals surface area contributed by atoms with Crippen LogP contribution < -0.4 is 10.2 Å². The highest BCUT2D eigenvalue weighted by Gasteiger charge is 2.33. The molecule has 1 atom stereocenters. The van der Waals surface area contributed by atoms with Crippen LogP contribution in [0.15, 0.2) is 30.7 Å². The van der Waals surface area contributed by atoms with Gasteiger partial charge in [-0.25, -0.2) is 4.98 Å². The van der Waals surface area contributed by atoms with Gasteiger partial charge in [-0.05, 0) is 31.4 Å². The summed E-state index contributed by atoms with van der Waals surface area (Å²) in [7, 11) is 0. The fourth-order valence-corrected chi connectivity index (χ4v) is 3.66. The highest BCUT2D eigenvalue weighted by Crippen LogP contribution is 2.33. The first-order valence-corrected chi connectivity index (χ1v) is 8.56. The molecule has 3 aromatic rings. The SMILES string of the molecule is O=C(NC1CCN(c2ccnc3cnc4[nH]ccc4c23)C1)C1CC1. The topological polar surface area (TPSA) is 73.9 Å². The molecule has 2 N–H and O–H groups in total. The van der Waals surface area contributed by atoms with Crippen LogP contribution in [0.1, 0.15) is 19.3 Å². The van der Waals surface area contributed by atoms with Crippen molar-refractivity contribution in [2.75, 3.05) is 18.0 Å². The van der Waals surface area contributed by atoms with Gasteiger partial charge in [0.25, 0.3) is 0 Å². The lowest BCUT2D eigenvalue weighted by molar-refractivity contribution is -0.122. The van der Waals surface area contributed by atoms with Gasteiger partial charge < -0.3 is 15.2 Å². The Hall–Kier alpha value is -2.63. The van der Waals surface area contributed by atoms with Gasteiger partial charge in [0.1, 0.15) is 5.65 Å². The number of carbonyl (C=O) groups excluding carboxylic acids is 1. The Morgan fingerprint density at radius 1 is 1.25 bits per heavy atom. The first-order valence-electron chi connectivity index (χ1n) is 8.56. The van der Waals surface area contributed by atoms with E-state index in [4.69, 9.17) is 0 Å². The number of aromatic amines is 1. The molecule has 4 heterocycles. The minimum absolute atomic E-state index is 0.235. The van der Waals surface area contributed by atoms with Gasteiger partial charge in [0.15, 0.2) is 0 Å². The normalized spacial score (nSPS) is 20.8. The van der Waals surface area contributed by atoms with Crippen molar-refractivity contribution in [2.45, 2.75) is 25.3 Å². The van der Waals surface area contributed by atoms with Crippen molar-refractivity contribution >= 4 is 33.5 Å². The third kappa shape index (κ3) is 2.21. The maximum absolute atomic E-state index is 12.0. The van der Waals surface area contributed by atoms with E-state index in [1.165, 1.54) is 5.69 Å². The largest absolute Gasteiger partial charge is 0.369 e. The van der Waals surface area contributed by atoms with E-state index < -0.39 is 0 Å². The number of hydrogen-bond donors (Lipinski definition) is 2. The monoisotopic (exact) mass is 321 g/mol. The Kier molecular flexibility index (Phi) is 2.98. The molecule has 1 saturated carbocycles. The molecule has 6 nitrogen and oxygen atoms in total. The molecule has 122 valence electrons. The standard InChI is InChI=1S/C18H19N5O/c24-18(11-1-2-11)22-12-5-8-23(10-12)15-4-7-19-14-9-21-17-13(16(14)15)3-6-20-17/h3-4,6-7,9,11-12H,1-2,5,8,10H2,(H,20,21)(H,22,24). The summed E-state index contributed by atoms with van der Waals surface area (Å²) in [6.07, 6.45) is 8.67. The molecule has 2 aliphatic rings. The van der Waals surface area contributed by atoms with Crippen molar-refractivity contribution in [1.82, 2.24) is 20.3 Å². The van der Waals surface area contributed by atoms with Crippen molar-refractivity contribution in [2.24, 2.45) is 5.92 Å². The van der Waals surface area contributed by atoms with Crippen molar-refractivity contribution in [3.05, 3.63) is 30.7 Å². The zero-order chi connectivity index (χ0) is 16.1. The number of H-pyrrole nitrogens is 1. The number of nitrogens with zero attached hydrogens (tertiary/aromatic N) is 3. The van der Waals surface area contributed by atoms with Crippen LogP contribution in [0.3, 0.4) is 0 Å². The molecule has 6 heteroatoms. The second-order valence-corrected chi connectivity index (χ2v) is 6.80. The number of carbonyl (C=O) groups is 1. The van der Waals surface area contributed by atoms with Crippen LogP contribution in [0, 0.1) is 5.92 Å². The summed E-state index contributed by atoms with van der Waals surface area (Å²) in [5.74, 6) is 0.505. The quantitative estimate of drug-likeness (QED) is 0.776. The van der Waals surface area contributed by atoms with Crippen molar-refractivity contribution < 1.29 is 4.79 Å². The summed E-state index contributed by atoms with van der Waals surface area (Å²) in [5, 5.41) is 5.44. The van der Waals surface area contributed by atoms with Gasteiger partial charge in [0, 0.05) is 53.9 Å². The molecule has 0 spiro atoms. The fourth-order valence-electron chi connectivity index (χ4n) is 3.66. The summed E-state index contributed by atoms with van der Waals surface area (Å²) < 4.78 is 0. The van der Waals surface area contributed by atoms with Crippen LogP contribution in [0.5, 0.6) is 0 Å². The Morgan fingerprint density at radius 2 is 2.17 bits per heavy atom. The third-order valence-electron chi connectivity index (χ3n) is 5.09. The number of nitrogens with one attached hydrogen (secondary N) is 2. The molecule has 3 aromatic heterocycles. The number of anilines is 1. The second-order valence-electron chi connectivity index (χ2n) is 6.80. The van der Waals surface area contributed by atoms with E-state index in [0.29, 0.717) is 0 Å². The first-order chi connectivity index (χ1) is 11.8. The van der Waals surface area contributed by atoms with Crippen LogP contribution in [-0.4, -0.2) is 40.0 Å². The van der Waals surface area contributed by atoms with Crippen molar-refractivity contribution in [3.63, 3.8) is 0 Å². The maximum Gasteiger partial charge on any atom is 0.223 e. The molecule has 1 aliphatic carbocycles. The smallest absolute Gasteiger partial charge is 0.223 e. The number of fused-ring (bicyclic) bond motifs is 3. The van der Waals surface area contributed by atoms with Crippen LogP contribution >= 0.6 is 0 Å². The maximum atomic E-state index is 12.0. The molecule has 1 saturated heterocycles. The van der Waals surface area contributed by atoms with E-state index in [1.54, 1.807) is 0 Å². The minimum atomic E-state index is 0.235. The third-order valence-corrected chi connectivity index (χ3v) is 5.09. The molecule has 0 aromatic carbocycles. The van der Waals surface area contributed by atoms with E-state index >= 15 is 0 Å². The van der Waals surface area contributed by atoms with Gasteiger partial charge in [0.05, 0.1) is 11.7 Å². The summed E-state index contributed by atoms with van der Waals surface area (Å²) in [6.45, 7) is 1.80. The average Bonchev–Trinajstić information content (AvgIpc) is 3.17. The highest BCUT2D eigenvalue weighted by atomic mass is 16.2. The molecule has 5 rings (SSSR count). The van der Waals surface area contributed by atoms with E-state index in [9.17, 15) is 4.79 Å². The zero-order valence-electron chi connectivity index (χ0n) is 13.3. The molecule has 24 heavy (non-hydrogen) atoms. The van der Waals surface area contributed by atoms with Gasteiger partial charge >= 0.3 is 0 Å². The molecule has 0 bridgehead atoms. The first kappa shape index (κ1) is 13.8. The van der Waals surface area contributed by atoms with Crippen molar-refractivity contribution in [3.8, 4) is 0 Å². The Balaban J connectivity index is 1.48.